The molecule has 10 nitrogen and oxygen atoms in total. The number of amides is 4. The Hall–Kier alpha value is -4.21. The van der Waals surface area contributed by atoms with Gasteiger partial charge in [0.15, 0.2) is 0 Å². The van der Waals surface area contributed by atoms with Crippen LogP contribution in [0.25, 0.3) is 0 Å². The van der Waals surface area contributed by atoms with Crippen molar-refractivity contribution in [2.45, 2.75) is 26.2 Å². The first kappa shape index (κ1) is 25.4. The molecule has 0 spiro atoms. The van der Waals surface area contributed by atoms with Crippen LogP contribution in [0.1, 0.15) is 57.3 Å². The highest BCUT2D eigenvalue weighted by Gasteiger charge is 2.34. The average molecular weight is 482 g/mol. The highest BCUT2D eigenvalue weighted by Crippen LogP contribution is 2.22. The Balaban J connectivity index is 1.28. The number of hydrogen-bond donors (Lipinski definition) is 2. The van der Waals surface area contributed by atoms with Crippen LogP contribution in [0.3, 0.4) is 0 Å². The average Bonchev–Trinajstić information content (AvgIpc) is 3.09. The highest BCUT2D eigenvalue weighted by atomic mass is 16.7. The van der Waals surface area contributed by atoms with Crippen molar-refractivity contribution in [3.8, 4) is 5.75 Å². The fourth-order valence-electron chi connectivity index (χ4n) is 3.47. The zero-order valence-electron chi connectivity index (χ0n) is 19.4. The fraction of sp³-hybridized carbons (Fsp3) is 0.320. The van der Waals surface area contributed by atoms with E-state index < -0.39 is 6.16 Å². The third-order valence-electron chi connectivity index (χ3n) is 5.20. The van der Waals surface area contributed by atoms with E-state index in [1.807, 2.05) is 0 Å². The molecule has 35 heavy (non-hydrogen) atoms. The molecule has 1 aliphatic heterocycles. The lowest BCUT2D eigenvalue weighted by molar-refractivity contribution is -0.121. The summed E-state index contributed by atoms with van der Waals surface area (Å²) < 4.78 is 9.62. The summed E-state index contributed by atoms with van der Waals surface area (Å²) in [7, 11) is 0. The second kappa shape index (κ2) is 12.3. The van der Waals surface area contributed by atoms with Gasteiger partial charge in [-0.05, 0) is 56.2 Å². The summed E-state index contributed by atoms with van der Waals surface area (Å²) in [6, 6.07) is 12.7. The molecule has 0 aromatic heterocycles. The molecular formula is C25H27N3O7. The molecule has 0 bridgehead atoms. The zero-order valence-corrected chi connectivity index (χ0v) is 19.4. The van der Waals surface area contributed by atoms with Crippen LogP contribution in [-0.2, 0) is 9.53 Å². The molecule has 3 rings (SSSR count). The molecule has 4 amide bonds. The molecule has 0 saturated carbocycles. The number of nitrogens with zero attached hydrogens (tertiary/aromatic N) is 1. The summed E-state index contributed by atoms with van der Waals surface area (Å²) in [6.07, 6.45) is 0.263. The van der Waals surface area contributed by atoms with Gasteiger partial charge in [-0.2, -0.15) is 0 Å². The van der Waals surface area contributed by atoms with Gasteiger partial charge in [-0.1, -0.05) is 12.1 Å². The quantitative estimate of drug-likeness (QED) is 0.218. The molecule has 184 valence electrons. The maximum atomic E-state index is 12.3. The molecule has 2 aromatic rings. The maximum absolute atomic E-state index is 12.3. The molecule has 0 unspecified atom stereocenters. The van der Waals surface area contributed by atoms with Crippen molar-refractivity contribution in [2.24, 2.45) is 0 Å². The van der Waals surface area contributed by atoms with Gasteiger partial charge in [-0.15, -0.1) is 0 Å². The molecule has 10 heteroatoms. The van der Waals surface area contributed by atoms with Crippen molar-refractivity contribution in [3.63, 3.8) is 0 Å². The molecule has 0 saturated heterocycles. The first-order valence-electron chi connectivity index (χ1n) is 11.4. The van der Waals surface area contributed by atoms with E-state index in [2.05, 4.69) is 15.4 Å². The van der Waals surface area contributed by atoms with Gasteiger partial charge in [-0.3, -0.25) is 24.1 Å². The number of hydrogen-bond acceptors (Lipinski definition) is 7. The van der Waals surface area contributed by atoms with Crippen molar-refractivity contribution < 1.29 is 33.4 Å². The number of nitrogens with one attached hydrogen (secondary N) is 2. The van der Waals surface area contributed by atoms with Crippen molar-refractivity contribution in [3.05, 3.63) is 65.2 Å². The number of imide groups is 1. The molecule has 0 radical (unpaired) electrons. The van der Waals surface area contributed by atoms with E-state index in [-0.39, 0.29) is 49.0 Å². The van der Waals surface area contributed by atoms with E-state index in [1.165, 1.54) is 29.2 Å². The lowest BCUT2D eigenvalue weighted by atomic mass is 10.1. The molecule has 0 atom stereocenters. The monoisotopic (exact) mass is 481 g/mol. The number of carbonyl (C=O) groups is 5. The number of ether oxygens (including phenoxy) is 2. The minimum atomic E-state index is -0.810. The van der Waals surface area contributed by atoms with Crippen LogP contribution in [0.5, 0.6) is 5.75 Å². The van der Waals surface area contributed by atoms with Crippen LogP contribution in [0.2, 0.25) is 0 Å². The molecule has 0 aliphatic carbocycles. The number of carbonyl (C=O) groups excluding carboxylic acids is 5. The standard InChI is InChI=1S/C25H27N3O7/c1-2-34-25(33)35-18-12-10-17(11-13-18)22(30)27-15-6-14-26-21(29)9-5-16-28-23(31)19-7-3-4-8-20(19)24(28)32/h3-4,7-8,10-13H,2,5-6,9,14-16H2,1H3,(H,26,29)(H,27,30). The van der Waals surface area contributed by atoms with Gasteiger partial charge in [0.2, 0.25) is 5.91 Å². The van der Waals surface area contributed by atoms with Crippen LogP contribution in [-0.4, -0.2) is 60.9 Å². The van der Waals surface area contributed by atoms with E-state index in [4.69, 9.17) is 4.74 Å². The number of rotatable bonds is 11. The van der Waals surface area contributed by atoms with Gasteiger partial charge in [0.05, 0.1) is 17.7 Å². The van der Waals surface area contributed by atoms with E-state index in [1.54, 1.807) is 31.2 Å². The predicted molar refractivity (Wildman–Crippen MR) is 125 cm³/mol. The van der Waals surface area contributed by atoms with E-state index >= 15 is 0 Å². The molecule has 0 fully saturated rings. The van der Waals surface area contributed by atoms with Crippen LogP contribution in [0.15, 0.2) is 48.5 Å². The number of benzene rings is 2. The first-order chi connectivity index (χ1) is 16.9. The summed E-state index contributed by atoms with van der Waals surface area (Å²) in [5.74, 6) is -0.873. The zero-order chi connectivity index (χ0) is 25.2. The van der Waals surface area contributed by atoms with Gasteiger partial charge in [0.1, 0.15) is 5.75 Å². The van der Waals surface area contributed by atoms with Crippen molar-refractivity contribution >= 4 is 29.8 Å². The van der Waals surface area contributed by atoms with Crippen LogP contribution < -0.4 is 15.4 Å². The summed E-state index contributed by atoms with van der Waals surface area (Å²) in [4.78, 5) is 61.3. The normalized spacial score (nSPS) is 12.2. The van der Waals surface area contributed by atoms with Gasteiger partial charge in [0, 0.05) is 31.6 Å². The molecular weight excluding hydrogens is 454 g/mol. The Morgan fingerprint density at radius 3 is 2.11 bits per heavy atom. The lowest BCUT2D eigenvalue weighted by Gasteiger charge is -2.13. The SMILES string of the molecule is CCOC(=O)Oc1ccc(C(=O)NCCCNC(=O)CCCN2C(=O)c3ccccc3C2=O)cc1. The lowest BCUT2D eigenvalue weighted by Crippen LogP contribution is -2.32. The third kappa shape index (κ3) is 6.89. The number of fused-ring (bicyclic) bond motifs is 1. The van der Waals surface area contributed by atoms with Crippen LogP contribution >= 0.6 is 0 Å². The predicted octanol–water partition coefficient (Wildman–Crippen LogP) is 2.53. The second-order valence-corrected chi connectivity index (χ2v) is 7.68. The third-order valence-corrected chi connectivity index (χ3v) is 5.20. The molecule has 1 heterocycles. The second-order valence-electron chi connectivity index (χ2n) is 7.68. The minimum absolute atomic E-state index is 0.180. The van der Waals surface area contributed by atoms with Gasteiger partial charge >= 0.3 is 6.16 Å². The summed E-state index contributed by atoms with van der Waals surface area (Å²) >= 11 is 0. The largest absolute Gasteiger partial charge is 0.513 e. The van der Waals surface area contributed by atoms with Crippen molar-refractivity contribution in [1.82, 2.24) is 15.5 Å². The Bertz CT molecular complexity index is 1060. The Labute approximate surface area is 202 Å². The van der Waals surface area contributed by atoms with E-state index in [0.29, 0.717) is 42.6 Å². The van der Waals surface area contributed by atoms with E-state index in [9.17, 15) is 24.0 Å². The van der Waals surface area contributed by atoms with Gasteiger partial charge < -0.3 is 20.1 Å². The van der Waals surface area contributed by atoms with Gasteiger partial charge in [0.25, 0.3) is 17.7 Å². The summed E-state index contributed by atoms with van der Waals surface area (Å²) in [6.45, 7) is 2.78. The van der Waals surface area contributed by atoms with Crippen molar-refractivity contribution in [2.75, 3.05) is 26.2 Å². The molecule has 2 aromatic carbocycles. The smallest absolute Gasteiger partial charge is 0.434 e. The highest BCUT2D eigenvalue weighted by molar-refractivity contribution is 6.21. The molecule has 1 aliphatic rings. The Morgan fingerprint density at radius 2 is 1.49 bits per heavy atom. The topological polar surface area (TPSA) is 131 Å². The minimum Gasteiger partial charge on any atom is -0.434 e. The summed E-state index contributed by atoms with van der Waals surface area (Å²) in [5, 5.41) is 5.51. The van der Waals surface area contributed by atoms with Crippen molar-refractivity contribution in [1.29, 1.82) is 0 Å². The Morgan fingerprint density at radius 1 is 0.857 bits per heavy atom. The molecule has 2 N–H and O–H groups in total. The first-order valence-corrected chi connectivity index (χ1v) is 11.4. The van der Waals surface area contributed by atoms with E-state index in [0.717, 1.165) is 0 Å². The maximum Gasteiger partial charge on any atom is 0.513 e. The summed E-state index contributed by atoms with van der Waals surface area (Å²) in [5.41, 5.74) is 1.19. The van der Waals surface area contributed by atoms with Crippen LogP contribution in [0.4, 0.5) is 4.79 Å². The van der Waals surface area contributed by atoms with Gasteiger partial charge in [-0.25, -0.2) is 4.79 Å². The fourth-order valence-corrected chi connectivity index (χ4v) is 3.47. The van der Waals surface area contributed by atoms with Crippen LogP contribution in [0, 0.1) is 0 Å². The Kier molecular flexibility index (Phi) is 8.94.